The highest BCUT2D eigenvalue weighted by Crippen LogP contribution is 2.36. The zero-order valence-electron chi connectivity index (χ0n) is 13.7. The molecule has 0 aliphatic heterocycles. The quantitative estimate of drug-likeness (QED) is 0.922. The van der Waals surface area contributed by atoms with Crippen molar-refractivity contribution in [1.29, 1.82) is 0 Å². The minimum atomic E-state index is -4.79. The van der Waals surface area contributed by atoms with Crippen LogP contribution in [0.3, 0.4) is 0 Å². The van der Waals surface area contributed by atoms with Crippen LogP contribution in [0.4, 0.5) is 13.2 Å². The molecular formula is C16H23F3N2O2. The molecule has 130 valence electrons. The van der Waals surface area contributed by atoms with Gasteiger partial charge >= 0.3 is 6.18 Å². The van der Waals surface area contributed by atoms with Gasteiger partial charge in [-0.25, -0.2) is 4.98 Å². The zero-order chi connectivity index (χ0) is 17.5. The number of hydrogen-bond donors (Lipinski definition) is 1. The summed E-state index contributed by atoms with van der Waals surface area (Å²) in [7, 11) is 0. The summed E-state index contributed by atoms with van der Waals surface area (Å²) in [5.41, 5.74) is -2.31. The van der Waals surface area contributed by atoms with E-state index in [4.69, 9.17) is 0 Å². The van der Waals surface area contributed by atoms with Gasteiger partial charge in [0, 0.05) is 5.56 Å². The summed E-state index contributed by atoms with van der Waals surface area (Å²) in [5.74, 6) is 0. The lowest BCUT2D eigenvalue weighted by atomic mass is 9.76. The van der Waals surface area contributed by atoms with Crippen LogP contribution >= 0.6 is 0 Å². The van der Waals surface area contributed by atoms with Crippen LogP contribution in [0.1, 0.15) is 51.3 Å². The highest BCUT2D eigenvalue weighted by molar-refractivity contribution is 5.22. The number of rotatable bonds is 4. The molecule has 1 aliphatic rings. The first kappa shape index (κ1) is 18.0. The maximum atomic E-state index is 13.2. The normalized spacial score (nSPS) is 20.0. The smallest absolute Gasteiger partial charge is 0.379 e. The standard InChI is InChI=1S/C16H23F3N2O2/c1-4-6-15(23,16(17,18)19)9-21-10-20-12-5-7-14(2,3)8-11(12)13(21)22/h10,23H,4-9H2,1-3H3. The Labute approximate surface area is 133 Å². The van der Waals surface area contributed by atoms with Crippen molar-refractivity contribution in [2.75, 3.05) is 0 Å². The number of alkyl halides is 3. The summed E-state index contributed by atoms with van der Waals surface area (Å²) in [5, 5.41) is 10.0. The van der Waals surface area contributed by atoms with Gasteiger partial charge in [0.05, 0.1) is 18.6 Å². The minimum absolute atomic E-state index is 0.0726. The third kappa shape index (κ3) is 3.59. The summed E-state index contributed by atoms with van der Waals surface area (Å²) in [6.45, 7) is 4.79. The van der Waals surface area contributed by atoms with E-state index in [0.717, 1.165) is 17.3 Å². The average molecular weight is 332 g/mol. The molecule has 1 aromatic heterocycles. The van der Waals surface area contributed by atoms with Crippen molar-refractivity contribution >= 4 is 0 Å². The fourth-order valence-corrected chi connectivity index (χ4v) is 3.10. The van der Waals surface area contributed by atoms with E-state index in [9.17, 15) is 23.1 Å². The summed E-state index contributed by atoms with van der Waals surface area (Å²) < 4.78 is 40.5. The Morgan fingerprint density at radius 2 is 2.04 bits per heavy atom. The van der Waals surface area contributed by atoms with Crippen molar-refractivity contribution in [2.45, 2.75) is 71.2 Å². The molecule has 1 aliphatic carbocycles. The molecule has 1 atom stereocenters. The number of aliphatic hydroxyl groups is 1. The fourth-order valence-electron chi connectivity index (χ4n) is 3.10. The number of aromatic nitrogens is 2. The van der Waals surface area contributed by atoms with Gasteiger partial charge in [-0.15, -0.1) is 0 Å². The predicted octanol–water partition coefficient (Wildman–Crippen LogP) is 2.85. The number of nitrogens with zero attached hydrogens (tertiary/aromatic N) is 2. The zero-order valence-corrected chi connectivity index (χ0v) is 13.7. The molecule has 1 N–H and O–H groups in total. The Morgan fingerprint density at radius 3 is 2.61 bits per heavy atom. The molecule has 4 nitrogen and oxygen atoms in total. The molecule has 0 bridgehead atoms. The van der Waals surface area contributed by atoms with E-state index in [1.54, 1.807) is 6.92 Å². The molecule has 1 aromatic rings. The van der Waals surface area contributed by atoms with Gasteiger partial charge in [0.25, 0.3) is 5.56 Å². The number of fused-ring (bicyclic) bond motifs is 1. The second kappa shape index (κ2) is 5.92. The Hall–Kier alpha value is -1.37. The summed E-state index contributed by atoms with van der Waals surface area (Å²) in [6.07, 6.45) is -1.92. The van der Waals surface area contributed by atoms with Gasteiger partial charge in [-0.3, -0.25) is 9.36 Å². The molecule has 0 radical (unpaired) electrons. The summed E-state index contributed by atoms with van der Waals surface area (Å²) >= 11 is 0. The highest BCUT2D eigenvalue weighted by atomic mass is 19.4. The molecule has 0 saturated heterocycles. The van der Waals surface area contributed by atoms with Crippen molar-refractivity contribution in [3.8, 4) is 0 Å². The molecule has 0 amide bonds. The second-order valence-electron chi connectivity index (χ2n) is 7.22. The molecule has 0 spiro atoms. The second-order valence-corrected chi connectivity index (χ2v) is 7.22. The lowest BCUT2D eigenvalue weighted by Crippen LogP contribution is -2.50. The predicted molar refractivity (Wildman–Crippen MR) is 80.2 cm³/mol. The van der Waals surface area contributed by atoms with Crippen LogP contribution in [0.15, 0.2) is 11.1 Å². The van der Waals surface area contributed by atoms with E-state index in [2.05, 4.69) is 4.98 Å². The number of hydrogen-bond acceptors (Lipinski definition) is 3. The van der Waals surface area contributed by atoms with Gasteiger partial charge in [-0.2, -0.15) is 13.2 Å². The summed E-state index contributed by atoms with van der Waals surface area (Å²) in [4.78, 5) is 16.7. The number of halogens is 3. The molecule has 0 fully saturated rings. The molecule has 23 heavy (non-hydrogen) atoms. The first-order valence-corrected chi connectivity index (χ1v) is 7.85. The van der Waals surface area contributed by atoms with E-state index in [1.165, 1.54) is 0 Å². The topological polar surface area (TPSA) is 55.1 Å². The first-order chi connectivity index (χ1) is 10.5. The Bertz CT molecular complexity index is 637. The average Bonchev–Trinajstić information content (AvgIpc) is 2.41. The molecule has 0 saturated carbocycles. The maximum Gasteiger partial charge on any atom is 0.418 e. The van der Waals surface area contributed by atoms with E-state index < -0.39 is 30.3 Å². The monoisotopic (exact) mass is 332 g/mol. The lowest BCUT2D eigenvalue weighted by Gasteiger charge is -2.32. The van der Waals surface area contributed by atoms with E-state index in [1.807, 2.05) is 13.8 Å². The van der Waals surface area contributed by atoms with Crippen LogP contribution in [0.2, 0.25) is 0 Å². The molecule has 0 aromatic carbocycles. The van der Waals surface area contributed by atoms with Crippen LogP contribution in [-0.2, 0) is 19.4 Å². The Balaban J connectivity index is 2.40. The SMILES string of the molecule is CCCC(O)(Cn1cnc2c(c1=O)CC(C)(C)CC2)C(F)(F)F. The van der Waals surface area contributed by atoms with Crippen molar-refractivity contribution in [2.24, 2.45) is 5.41 Å². The van der Waals surface area contributed by atoms with Gasteiger partial charge < -0.3 is 5.11 Å². The molecule has 1 unspecified atom stereocenters. The maximum absolute atomic E-state index is 13.2. The summed E-state index contributed by atoms with van der Waals surface area (Å²) in [6, 6.07) is 0. The minimum Gasteiger partial charge on any atom is -0.379 e. The van der Waals surface area contributed by atoms with Gasteiger partial charge in [0.1, 0.15) is 0 Å². The molecule has 7 heteroatoms. The van der Waals surface area contributed by atoms with Crippen molar-refractivity contribution < 1.29 is 18.3 Å². The largest absolute Gasteiger partial charge is 0.418 e. The van der Waals surface area contributed by atoms with Crippen molar-refractivity contribution in [1.82, 2.24) is 9.55 Å². The Morgan fingerprint density at radius 1 is 1.39 bits per heavy atom. The molecular weight excluding hydrogens is 309 g/mol. The van der Waals surface area contributed by atoms with E-state index >= 15 is 0 Å². The third-order valence-electron chi connectivity index (χ3n) is 4.54. The van der Waals surface area contributed by atoms with Gasteiger partial charge in [0.2, 0.25) is 0 Å². The third-order valence-corrected chi connectivity index (χ3v) is 4.54. The van der Waals surface area contributed by atoms with Crippen LogP contribution in [0.25, 0.3) is 0 Å². The molecule has 1 heterocycles. The van der Waals surface area contributed by atoms with Crippen LogP contribution in [-0.4, -0.2) is 26.4 Å². The van der Waals surface area contributed by atoms with Crippen LogP contribution < -0.4 is 5.56 Å². The van der Waals surface area contributed by atoms with E-state index in [0.29, 0.717) is 24.1 Å². The molecule has 2 rings (SSSR count). The van der Waals surface area contributed by atoms with Gasteiger partial charge in [-0.05, 0) is 31.1 Å². The number of aryl methyl sites for hydroxylation is 1. The Kier molecular flexibility index (Phi) is 4.63. The van der Waals surface area contributed by atoms with Crippen molar-refractivity contribution in [3.05, 3.63) is 27.9 Å². The first-order valence-electron chi connectivity index (χ1n) is 7.85. The fraction of sp³-hybridized carbons (Fsp3) is 0.750. The van der Waals surface area contributed by atoms with Crippen molar-refractivity contribution in [3.63, 3.8) is 0 Å². The van der Waals surface area contributed by atoms with E-state index in [-0.39, 0.29) is 11.8 Å². The lowest BCUT2D eigenvalue weighted by molar-refractivity contribution is -0.267. The van der Waals surface area contributed by atoms with Crippen LogP contribution in [0, 0.1) is 5.41 Å². The van der Waals surface area contributed by atoms with Gasteiger partial charge in [0.15, 0.2) is 5.60 Å². The van der Waals surface area contributed by atoms with Crippen LogP contribution in [0.5, 0.6) is 0 Å². The van der Waals surface area contributed by atoms with Gasteiger partial charge in [-0.1, -0.05) is 27.2 Å². The highest BCUT2D eigenvalue weighted by Gasteiger charge is 2.53.